The summed E-state index contributed by atoms with van der Waals surface area (Å²) in [5, 5.41) is 3.49. The molecule has 0 radical (unpaired) electrons. The lowest BCUT2D eigenvalue weighted by atomic mass is 9.87. The molecule has 1 aromatic rings. The number of nitrogens with one attached hydrogen (secondary N) is 1. The largest absolute Gasteiger partial charge is 0.472 e. The SMILES string of the molecule is CN(Cc1ccoc1)C1=NCC(C(C)(C)C)N1. The second-order valence-corrected chi connectivity index (χ2v) is 5.71. The molecule has 0 spiro atoms. The lowest BCUT2D eigenvalue weighted by Gasteiger charge is -2.28. The van der Waals surface area contributed by atoms with Gasteiger partial charge < -0.3 is 14.6 Å². The maximum absolute atomic E-state index is 5.07. The van der Waals surface area contributed by atoms with Crippen molar-refractivity contribution in [3.05, 3.63) is 24.2 Å². The van der Waals surface area contributed by atoms with E-state index in [-0.39, 0.29) is 5.41 Å². The van der Waals surface area contributed by atoms with E-state index in [1.54, 1.807) is 12.5 Å². The molecular formula is C13H21N3O. The van der Waals surface area contributed by atoms with E-state index in [0.717, 1.165) is 24.6 Å². The molecule has 0 saturated heterocycles. The Hall–Kier alpha value is -1.45. The van der Waals surface area contributed by atoms with Gasteiger partial charge in [-0.05, 0) is 11.5 Å². The van der Waals surface area contributed by atoms with Crippen LogP contribution in [0.25, 0.3) is 0 Å². The first-order chi connectivity index (χ1) is 7.97. The molecule has 0 amide bonds. The smallest absolute Gasteiger partial charge is 0.194 e. The van der Waals surface area contributed by atoms with Crippen LogP contribution >= 0.6 is 0 Å². The minimum Gasteiger partial charge on any atom is -0.472 e. The first-order valence-corrected chi connectivity index (χ1v) is 6.00. The molecule has 4 nitrogen and oxygen atoms in total. The van der Waals surface area contributed by atoms with E-state index in [1.807, 2.05) is 13.1 Å². The molecular weight excluding hydrogens is 214 g/mol. The molecule has 0 saturated carbocycles. The van der Waals surface area contributed by atoms with Crippen LogP contribution in [0.1, 0.15) is 26.3 Å². The Morgan fingerprint density at radius 3 is 2.82 bits per heavy atom. The van der Waals surface area contributed by atoms with Crippen molar-refractivity contribution in [2.75, 3.05) is 13.6 Å². The van der Waals surface area contributed by atoms with Crippen LogP contribution in [0.4, 0.5) is 0 Å². The van der Waals surface area contributed by atoms with Crippen molar-refractivity contribution in [3.8, 4) is 0 Å². The molecule has 94 valence electrons. The van der Waals surface area contributed by atoms with Gasteiger partial charge in [0.15, 0.2) is 5.96 Å². The molecule has 2 heterocycles. The Labute approximate surface area is 103 Å². The molecule has 1 atom stereocenters. The van der Waals surface area contributed by atoms with Gasteiger partial charge in [-0.1, -0.05) is 20.8 Å². The van der Waals surface area contributed by atoms with Crippen LogP contribution in [0.3, 0.4) is 0 Å². The fourth-order valence-corrected chi connectivity index (χ4v) is 1.88. The third-order valence-corrected chi connectivity index (χ3v) is 3.13. The highest BCUT2D eigenvalue weighted by Gasteiger charge is 2.30. The molecule has 1 N–H and O–H groups in total. The van der Waals surface area contributed by atoms with Crippen LogP contribution in [0.5, 0.6) is 0 Å². The van der Waals surface area contributed by atoms with Crippen molar-refractivity contribution in [2.24, 2.45) is 10.4 Å². The number of rotatable bonds is 2. The van der Waals surface area contributed by atoms with Gasteiger partial charge in [-0.2, -0.15) is 0 Å². The van der Waals surface area contributed by atoms with Gasteiger partial charge >= 0.3 is 0 Å². The zero-order valence-corrected chi connectivity index (χ0v) is 11.0. The number of nitrogens with zero attached hydrogens (tertiary/aromatic N) is 2. The molecule has 17 heavy (non-hydrogen) atoms. The van der Waals surface area contributed by atoms with Gasteiger partial charge in [0.1, 0.15) is 0 Å². The number of hydrogen-bond donors (Lipinski definition) is 1. The number of furan rings is 1. The van der Waals surface area contributed by atoms with Gasteiger partial charge in [0.05, 0.1) is 25.1 Å². The minimum absolute atomic E-state index is 0.238. The average Bonchev–Trinajstić information content (AvgIpc) is 2.85. The topological polar surface area (TPSA) is 40.8 Å². The highest BCUT2D eigenvalue weighted by molar-refractivity contribution is 5.81. The Bertz CT molecular complexity index is 389. The van der Waals surface area contributed by atoms with E-state index in [0.29, 0.717) is 6.04 Å². The number of guanidine groups is 1. The summed E-state index contributed by atoms with van der Waals surface area (Å²) in [6, 6.07) is 2.40. The molecule has 0 aliphatic carbocycles. The van der Waals surface area contributed by atoms with Crippen LogP contribution in [0, 0.1) is 5.41 Å². The highest BCUT2D eigenvalue weighted by Crippen LogP contribution is 2.22. The predicted molar refractivity (Wildman–Crippen MR) is 68.9 cm³/mol. The highest BCUT2D eigenvalue weighted by atomic mass is 16.3. The lowest BCUT2D eigenvalue weighted by Crippen LogP contribution is -2.45. The standard InChI is InChI=1S/C13H21N3O/c1-13(2,3)11-7-14-12(15-11)16(4)8-10-5-6-17-9-10/h5-6,9,11H,7-8H2,1-4H3,(H,14,15). The van der Waals surface area contributed by atoms with Crippen LogP contribution in [-0.4, -0.2) is 30.5 Å². The van der Waals surface area contributed by atoms with Crippen LogP contribution in [-0.2, 0) is 6.54 Å². The number of aliphatic imine (C=N–C) groups is 1. The van der Waals surface area contributed by atoms with E-state index in [2.05, 4.69) is 36.0 Å². The quantitative estimate of drug-likeness (QED) is 0.853. The lowest BCUT2D eigenvalue weighted by molar-refractivity contribution is 0.309. The summed E-state index contributed by atoms with van der Waals surface area (Å²) < 4.78 is 5.07. The van der Waals surface area contributed by atoms with Gasteiger partial charge in [-0.25, -0.2) is 0 Å². The van der Waals surface area contributed by atoms with Crippen molar-refractivity contribution in [3.63, 3.8) is 0 Å². The molecule has 2 rings (SSSR count). The van der Waals surface area contributed by atoms with Crippen molar-refractivity contribution in [2.45, 2.75) is 33.4 Å². The molecule has 1 aliphatic heterocycles. The Morgan fingerprint density at radius 2 is 2.29 bits per heavy atom. The Kier molecular flexibility index (Phi) is 3.13. The Morgan fingerprint density at radius 1 is 1.53 bits per heavy atom. The molecule has 0 fully saturated rings. The molecule has 1 aliphatic rings. The summed E-state index contributed by atoms with van der Waals surface area (Å²) in [6.07, 6.45) is 3.47. The predicted octanol–water partition coefficient (Wildman–Crippen LogP) is 2.09. The van der Waals surface area contributed by atoms with Gasteiger partial charge in [-0.15, -0.1) is 0 Å². The third kappa shape index (κ3) is 2.81. The molecule has 0 bridgehead atoms. The van der Waals surface area contributed by atoms with Crippen molar-refractivity contribution >= 4 is 5.96 Å². The molecule has 4 heteroatoms. The second-order valence-electron chi connectivity index (χ2n) is 5.71. The normalized spacial score (nSPS) is 20.0. The zero-order chi connectivity index (χ0) is 12.5. The van der Waals surface area contributed by atoms with E-state index >= 15 is 0 Å². The first-order valence-electron chi connectivity index (χ1n) is 6.00. The van der Waals surface area contributed by atoms with Crippen molar-refractivity contribution in [1.82, 2.24) is 10.2 Å². The molecule has 1 aromatic heterocycles. The van der Waals surface area contributed by atoms with E-state index in [4.69, 9.17) is 4.42 Å². The van der Waals surface area contributed by atoms with Gasteiger partial charge in [0.2, 0.25) is 0 Å². The summed E-state index contributed by atoms with van der Waals surface area (Å²) in [7, 11) is 2.05. The van der Waals surface area contributed by atoms with Crippen LogP contribution in [0.15, 0.2) is 28.0 Å². The number of hydrogen-bond acceptors (Lipinski definition) is 4. The maximum Gasteiger partial charge on any atom is 0.194 e. The second kappa shape index (κ2) is 4.43. The van der Waals surface area contributed by atoms with Crippen LogP contribution < -0.4 is 5.32 Å². The van der Waals surface area contributed by atoms with Crippen molar-refractivity contribution < 1.29 is 4.42 Å². The molecule has 0 aromatic carbocycles. The third-order valence-electron chi connectivity index (χ3n) is 3.13. The summed E-state index contributed by atoms with van der Waals surface area (Å²) in [6.45, 7) is 8.38. The minimum atomic E-state index is 0.238. The first kappa shape index (κ1) is 12.0. The Balaban J connectivity index is 1.92. The van der Waals surface area contributed by atoms with E-state index in [9.17, 15) is 0 Å². The maximum atomic E-state index is 5.07. The van der Waals surface area contributed by atoms with E-state index in [1.165, 1.54) is 0 Å². The fourth-order valence-electron chi connectivity index (χ4n) is 1.88. The summed E-state index contributed by atoms with van der Waals surface area (Å²) in [4.78, 5) is 6.69. The van der Waals surface area contributed by atoms with Crippen LogP contribution in [0.2, 0.25) is 0 Å². The van der Waals surface area contributed by atoms with Gasteiger partial charge in [0.25, 0.3) is 0 Å². The fraction of sp³-hybridized carbons (Fsp3) is 0.615. The van der Waals surface area contributed by atoms with E-state index < -0.39 is 0 Å². The monoisotopic (exact) mass is 235 g/mol. The van der Waals surface area contributed by atoms with Gasteiger partial charge in [0, 0.05) is 19.2 Å². The summed E-state index contributed by atoms with van der Waals surface area (Å²) in [5.74, 6) is 0.978. The average molecular weight is 235 g/mol. The summed E-state index contributed by atoms with van der Waals surface area (Å²) >= 11 is 0. The zero-order valence-electron chi connectivity index (χ0n) is 11.0. The summed E-state index contributed by atoms with van der Waals surface area (Å²) in [5.41, 5.74) is 1.40. The van der Waals surface area contributed by atoms with Crippen molar-refractivity contribution in [1.29, 1.82) is 0 Å². The molecule has 1 unspecified atom stereocenters. The van der Waals surface area contributed by atoms with Gasteiger partial charge in [-0.3, -0.25) is 4.99 Å².